The van der Waals surface area contributed by atoms with E-state index in [0.717, 1.165) is 31.2 Å². The molecule has 0 unspecified atom stereocenters. The van der Waals surface area contributed by atoms with Crippen LogP contribution in [0.1, 0.15) is 31.2 Å². The smallest absolute Gasteiger partial charge is 0.270 e. The zero-order valence-electron chi connectivity index (χ0n) is 11.3. The van der Waals surface area contributed by atoms with Crippen LogP contribution >= 0.6 is 27.5 Å². The van der Waals surface area contributed by atoms with Gasteiger partial charge < -0.3 is 0 Å². The summed E-state index contributed by atoms with van der Waals surface area (Å²) in [6.45, 7) is 3.03. The van der Waals surface area contributed by atoms with E-state index >= 15 is 0 Å². The molecule has 20 heavy (non-hydrogen) atoms. The van der Waals surface area contributed by atoms with E-state index in [0.29, 0.717) is 28.3 Å². The van der Waals surface area contributed by atoms with Crippen molar-refractivity contribution in [2.24, 2.45) is 0 Å². The Kier molecular flexibility index (Phi) is 5.34. The average Bonchev–Trinajstić information content (AvgIpc) is 2.65. The Morgan fingerprint density at radius 2 is 1.80 bits per heavy atom. The molecule has 1 aliphatic rings. The summed E-state index contributed by atoms with van der Waals surface area (Å²) in [5.41, 5.74) is 1.38. The van der Waals surface area contributed by atoms with E-state index in [1.165, 1.54) is 4.31 Å². The van der Waals surface area contributed by atoms with Gasteiger partial charge in [0.05, 0.1) is 5.69 Å². The highest BCUT2D eigenvalue weighted by atomic mass is 79.9. The average molecular weight is 382 g/mol. The van der Waals surface area contributed by atoms with Crippen molar-refractivity contribution in [3.05, 3.63) is 27.2 Å². The first-order valence-electron chi connectivity index (χ1n) is 6.64. The van der Waals surface area contributed by atoms with Crippen LogP contribution in [0.2, 0.25) is 5.02 Å². The summed E-state index contributed by atoms with van der Waals surface area (Å²) in [6.07, 6.45) is 4.01. The van der Waals surface area contributed by atoms with E-state index < -0.39 is 10.2 Å². The Bertz CT molecular complexity index is 584. The number of anilines is 1. The number of halogens is 2. The molecule has 1 aromatic carbocycles. The van der Waals surface area contributed by atoms with Gasteiger partial charge in [-0.05, 0) is 53.4 Å². The number of rotatable bonds is 3. The van der Waals surface area contributed by atoms with Crippen LogP contribution in [0.5, 0.6) is 0 Å². The summed E-state index contributed by atoms with van der Waals surface area (Å²) < 4.78 is 29.6. The Labute approximate surface area is 133 Å². The fourth-order valence-electron chi connectivity index (χ4n) is 2.21. The molecule has 1 fully saturated rings. The first-order valence-corrected chi connectivity index (χ1v) is 9.25. The van der Waals surface area contributed by atoms with E-state index in [4.69, 9.17) is 11.6 Å². The molecule has 0 spiro atoms. The molecule has 0 aliphatic carbocycles. The maximum absolute atomic E-state index is 12.4. The summed E-state index contributed by atoms with van der Waals surface area (Å²) in [4.78, 5) is 0. The zero-order valence-corrected chi connectivity index (χ0v) is 14.5. The molecule has 1 N–H and O–H groups in total. The van der Waals surface area contributed by atoms with Gasteiger partial charge in [0, 0.05) is 22.6 Å². The Hall–Kier alpha value is -0.300. The third-order valence-corrected chi connectivity index (χ3v) is 5.98. The first-order chi connectivity index (χ1) is 9.40. The lowest BCUT2D eigenvalue weighted by atomic mass is 10.2. The van der Waals surface area contributed by atoms with Gasteiger partial charge in [0.25, 0.3) is 0 Å². The number of nitrogens with zero attached hydrogens (tertiary/aromatic N) is 1. The van der Waals surface area contributed by atoms with E-state index in [2.05, 4.69) is 20.7 Å². The van der Waals surface area contributed by atoms with Gasteiger partial charge in [0.15, 0.2) is 0 Å². The van der Waals surface area contributed by atoms with Crippen LogP contribution in [-0.2, 0) is 10.2 Å². The molecule has 0 saturated carbocycles. The van der Waals surface area contributed by atoms with Crippen LogP contribution in [0.15, 0.2) is 16.6 Å². The van der Waals surface area contributed by atoms with Crippen molar-refractivity contribution in [1.82, 2.24) is 4.31 Å². The predicted molar refractivity (Wildman–Crippen MR) is 86.5 cm³/mol. The third-order valence-electron chi connectivity index (χ3n) is 3.39. The molecule has 1 aliphatic heterocycles. The number of nitrogens with one attached hydrogen (secondary N) is 1. The van der Waals surface area contributed by atoms with Crippen LogP contribution in [-0.4, -0.2) is 25.8 Å². The van der Waals surface area contributed by atoms with Gasteiger partial charge in [-0.3, -0.25) is 4.72 Å². The lowest BCUT2D eigenvalue weighted by Crippen LogP contribution is -2.36. The number of benzene rings is 1. The molecule has 0 amide bonds. The minimum atomic E-state index is -3.52. The molecule has 1 heterocycles. The summed E-state index contributed by atoms with van der Waals surface area (Å²) in [7, 11) is -3.52. The maximum Gasteiger partial charge on any atom is 0.301 e. The fraction of sp³-hybridized carbons (Fsp3) is 0.538. The van der Waals surface area contributed by atoms with Crippen LogP contribution < -0.4 is 4.72 Å². The highest BCUT2D eigenvalue weighted by Crippen LogP contribution is 2.30. The second-order valence-electron chi connectivity index (χ2n) is 5.00. The van der Waals surface area contributed by atoms with Gasteiger partial charge in [-0.25, -0.2) is 0 Å². The van der Waals surface area contributed by atoms with Crippen LogP contribution in [0.4, 0.5) is 5.69 Å². The van der Waals surface area contributed by atoms with E-state index in [1.54, 1.807) is 6.07 Å². The highest BCUT2D eigenvalue weighted by molar-refractivity contribution is 9.10. The van der Waals surface area contributed by atoms with Gasteiger partial charge in [-0.2, -0.15) is 12.7 Å². The fourth-order valence-corrected chi connectivity index (χ4v) is 4.38. The minimum Gasteiger partial charge on any atom is -0.270 e. The summed E-state index contributed by atoms with van der Waals surface area (Å²) in [6, 6.07) is 3.44. The van der Waals surface area contributed by atoms with Gasteiger partial charge >= 0.3 is 10.2 Å². The molecule has 0 radical (unpaired) electrons. The van der Waals surface area contributed by atoms with Crippen molar-refractivity contribution in [1.29, 1.82) is 0 Å². The van der Waals surface area contributed by atoms with Crippen molar-refractivity contribution in [3.63, 3.8) is 0 Å². The predicted octanol–water partition coefficient (Wildman–Crippen LogP) is 3.94. The van der Waals surface area contributed by atoms with E-state index in [-0.39, 0.29) is 0 Å². The van der Waals surface area contributed by atoms with Gasteiger partial charge in [-0.15, -0.1) is 0 Å². The maximum atomic E-state index is 12.4. The minimum absolute atomic E-state index is 0.477. The van der Waals surface area contributed by atoms with Crippen LogP contribution in [0.3, 0.4) is 0 Å². The van der Waals surface area contributed by atoms with Crippen molar-refractivity contribution in [2.45, 2.75) is 32.6 Å². The summed E-state index contributed by atoms with van der Waals surface area (Å²) in [5, 5.41) is 0.543. The van der Waals surface area contributed by atoms with Gasteiger partial charge in [0.1, 0.15) is 0 Å². The normalized spacial score (nSPS) is 17.8. The molecule has 2 rings (SSSR count). The topological polar surface area (TPSA) is 49.4 Å². The molecule has 0 atom stereocenters. The lowest BCUT2D eigenvalue weighted by molar-refractivity contribution is 0.427. The molecule has 0 aromatic heterocycles. The highest BCUT2D eigenvalue weighted by Gasteiger charge is 2.23. The largest absolute Gasteiger partial charge is 0.301 e. The SMILES string of the molecule is Cc1cc(Br)c(NS(=O)(=O)N2CCCCCC2)cc1Cl. The third kappa shape index (κ3) is 3.87. The summed E-state index contributed by atoms with van der Waals surface area (Å²) >= 11 is 9.43. The Balaban J connectivity index is 2.21. The molecule has 1 aromatic rings. The standard InChI is InChI=1S/C13H18BrClN2O2S/c1-10-8-11(14)13(9-12(10)15)16-20(18,19)17-6-4-2-3-5-7-17/h8-9,16H,2-7H2,1H3. The second-order valence-corrected chi connectivity index (χ2v) is 7.93. The molecule has 1 saturated heterocycles. The first kappa shape index (κ1) is 16.1. The second kappa shape index (κ2) is 6.64. The van der Waals surface area contributed by atoms with Crippen molar-refractivity contribution in [2.75, 3.05) is 17.8 Å². The van der Waals surface area contributed by atoms with Crippen molar-refractivity contribution < 1.29 is 8.42 Å². The zero-order chi connectivity index (χ0) is 14.8. The van der Waals surface area contributed by atoms with Crippen LogP contribution in [0.25, 0.3) is 0 Å². The molecular formula is C13H18BrClN2O2S. The quantitative estimate of drug-likeness (QED) is 0.862. The number of aryl methyl sites for hydroxylation is 1. The number of hydrogen-bond donors (Lipinski definition) is 1. The molecule has 0 bridgehead atoms. The summed E-state index contributed by atoms with van der Waals surface area (Å²) in [5.74, 6) is 0. The molecule has 7 heteroatoms. The van der Waals surface area contributed by atoms with Gasteiger partial charge in [-0.1, -0.05) is 24.4 Å². The van der Waals surface area contributed by atoms with Crippen molar-refractivity contribution >= 4 is 43.4 Å². The molecule has 112 valence electrons. The molecular weight excluding hydrogens is 364 g/mol. The number of hydrogen-bond acceptors (Lipinski definition) is 2. The Morgan fingerprint density at radius 1 is 1.20 bits per heavy atom. The Morgan fingerprint density at radius 3 is 2.40 bits per heavy atom. The van der Waals surface area contributed by atoms with Gasteiger partial charge in [0.2, 0.25) is 0 Å². The lowest BCUT2D eigenvalue weighted by Gasteiger charge is -2.21. The monoisotopic (exact) mass is 380 g/mol. The van der Waals surface area contributed by atoms with Crippen molar-refractivity contribution in [3.8, 4) is 0 Å². The van der Waals surface area contributed by atoms with E-state index in [9.17, 15) is 8.42 Å². The van der Waals surface area contributed by atoms with Crippen LogP contribution in [0, 0.1) is 6.92 Å². The molecule has 4 nitrogen and oxygen atoms in total. The van der Waals surface area contributed by atoms with E-state index in [1.807, 2.05) is 13.0 Å².